The van der Waals surface area contributed by atoms with Crippen LogP contribution >= 0.6 is 11.6 Å². The second-order valence-electron chi connectivity index (χ2n) is 5.73. The Morgan fingerprint density at radius 2 is 1.88 bits per heavy atom. The lowest BCUT2D eigenvalue weighted by molar-refractivity contribution is 0.0772. The number of aromatic nitrogens is 3. The number of hydrogen-bond acceptors (Lipinski definition) is 3. The molecule has 2 aromatic carbocycles. The maximum atomic E-state index is 13.9. The molecule has 0 aliphatic carbocycles. The van der Waals surface area contributed by atoms with Crippen molar-refractivity contribution in [1.29, 1.82) is 0 Å². The summed E-state index contributed by atoms with van der Waals surface area (Å²) in [5, 5.41) is 4.42. The van der Waals surface area contributed by atoms with E-state index in [9.17, 15) is 13.6 Å². The second-order valence-corrected chi connectivity index (χ2v) is 6.14. The molecule has 1 heterocycles. The van der Waals surface area contributed by atoms with E-state index in [1.54, 1.807) is 13.0 Å². The molecule has 0 atom stereocenters. The van der Waals surface area contributed by atoms with Crippen LogP contribution in [0.15, 0.2) is 42.5 Å². The van der Waals surface area contributed by atoms with Crippen LogP contribution in [-0.4, -0.2) is 32.6 Å². The standard InChI is InChI=1S/C18H15ClF2N4O/c1-11-22-17(23-25(11)13-8-6-12(20)7-9-13)18(26)24(2)10-14-15(19)4-3-5-16(14)21/h3-9H,10H2,1-2H3. The van der Waals surface area contributed by atoms with E-state index in [1.165, 1.54) is 53.0 Å². The number of carbonyl (C=O) groups is 1. The van der Waals surface area contributed by atoms with Gasteiger partial charge in [0.2, 0.25) is 5.82 Å². The number of amides is 1. The maximum Gasteiger partial charge on any atom is 0.293 e. The molecule has 0 fully saturated rings. The number of rotatable bonds is 4. The van der Waals surface area contributed by atoms with Gasteiger partial charge in [-0.05, 0) is 43.3 Å². The normalized spacial score (nSPS) is 10.8. The molecule has 3 rings (SSSR count). The molecule has 0 unspecified atom stereocenters. The van der Waals surface area contributed by atoms with E-state index < -0.39 is 11.7 Å². The van der Waals surface area contributed by atoms with Crippen LogP contribution < -0.4 is 0 Å². The third-order valence-corrected chi connectivity index (χ3v) is 4.19. The molecule has 0 aliphatic rings. The predicted octanol–water partition coefficient (Wildman–Crippen LogP) is 3.78. The van der Waals surface area contributed by atoms with Crippen LogP contribution in [0.1, 0.15) is 22.0 Å². The van der Waals surface area contributed by atoms with Gasteiger partial charge in [-0.3, -0.25) is 4.79 Å². The number of nitrogens with zero attached hydrogens (tertiary/aromatic N) is 4. The average molecular weight is 377 g/mol. The van der Waals surface area contributed by atoms with Crippen LogP contribution in [0.2, 0.25) is 5.02 Å². The van der Waals surface area contributed by atoms with Crippen molar-refractivity contribution in [3.8, 4) is 5.69 Å². The maximum absolute atomic E-state index is 13.9. The molecule has 0 aliphatic heterocycles. The van der Waals surface area contributed by atoms with Crippen LogP contribution in [0.3, 0.4) is 0 Å². The Kier molecular flexibility index (Phi) is 4.99. The van der Waals surface area contributed by atoms with Crippen molar-refractivity contribution in [2.45, 2.75) is 13.5 Å². The van der Waals surface area contributed by atoms with Gasteiger partial charge in [-0.25, -0.2) is 18.4 Å². The van der Waals surface area contributed by atoms with Crippen LogP contribution in [-0.2, 0) is 6.54 Å². The smallest absolute Gasteiger partial charge is 0.293 e. The summed E-state index contributed by atoms with van der Waals surface area (Å²) in [5.41, 5.74) is 0.801. The Hall–Kier alpha value is -2.80. The number of hydrogen-bond donors (Lipinski definition) is 0. The monoisotopic (exact) mass is 376 g/mol. The molecule has 1 aromatic heterocycles. The van der Waals surface area contributed by atoms with E-state index >= 15 is 0 Å². The lowest BCUT2D eigenvalue weighted by atomic mass is 10.2. The molecule has 134 valence electrons. The van der Waals surface area contributed by atoms with Gasteiger partial charge in [-0.2, -0.15) is 0 Å². The van der Waals surface area contributed by atoms with E-state index in [2.05, 4.69) is 10.1 Å². The first-order valence-corrected chi connectivity index (χ1v) is 8.12. The molecule has 0 saturated heterocycles. The molecule has 0 bridgehead atoms. The minimum atomic E-state index is -0.488. The van der Waals surface area contributed by atoms with Gasteiger partial charge in [0.15, 0.2) is 0 Å². The van der Waals surface area contributed by atoms with E-state index in [4.69, 9.17) is 11.6 Å². The van der Waals surface area contributed by atoms with Gasteiger partial charge in [-0.1, -0.05) is 17.7 Å². The summed E-state index contributed by atoms with van der Waals surface area (Å²) >= 11 is 6.00. The zero-order valence-corrected chi connectivity index (χ0v) is 14.8. The van der Waals surface area contributed by atoms with Crippen LogP contribution in [0.25, 0.3) is 5.69 Å². The summed E-state index contributed by atoms with van der Waals surface area (Å²) in [4.78, 5) is 18.0. The van der Waals surface area contributed by atoms with Gasteiger partial charge in [0, 0.05) is 17.6 Å². The zero-order chi connectivity index (χ0) is 18.8. The Bertz CT molecular complexity index is 936. The van der Waals surface area contributed by atoms with Gasteiger partial charge in [0.25, 0.3) is 5.91 Å². The van der Waals surface area contributed by atoms with Crippen molar-refractivity contribution in [2.24, 2.45) is 0 Å². The van der Waals surface area contributed by atoms with E-state index in [0.29, 0.717) is 11.5 Å². The number of aryl methyl sites for hydroxylation is 1. The predicted molar refractivity (Wildman–Crippen MR) is 93.3 cm³/mol. The Morgan fingerprint density at radius 1 is 1.19 bits per heavy atom. The van der Waals surface area contributed by atoms with Crippen molar-refractivity contribution in [3.05, 3.63) is 76.3 Å². The number of halogens is 3. The number of carbonyl (C=O) groups excluding carboxylic acids is 1. The Balaban J connectivity index is 1.84. The highest BCUT2D eigenvalue weighted by Gasteiger charge is 2.21. The second kappa shape index (κ2) is 7.21. The van der Waals surface area contributed by atoms with E-state index in [-0.39, 0.29) is 28.8 Å². The fourth-order valence-electron chi connectivity index (χ4n) is 2.47. The molecule has 0 N–H and O–H groups in total. The number of benzene rings is 2. The van der Waals surface area contributed by atoms with Gasteiger partial charge < -0.3 is 4.90 Å². The van der Waals surface area contributed by atoms with Gasteiger partial charge in [-0.15, -0.1) is 5.10 Å². The molecular weight excluding hydrogens is 362 g/mol. The molecule has 3 aromatic rings. The summed E-state index contributed by atoms with van der Waals surface area (Å²) < 4.78 is 28.4. The quantitative estimate of drug-likeness (QED) is 0.696. The molecule has 0 saturated carbocycles. The highest BCUT2D eigenvalue weighted by Crippen LogP contribution is 2.21. The summed E-state index contributed by atoms with van der Waals surface area (Å²) in [5.74, 6) is -0.908. The van der Waals surface area contributed by atoms with Gasteiger partial charge in [0.05, 0.1) is 12.2 Å². The third-order valence-electron chi connectivity index (χ3n) is 3.84. The molecule has 8 heteroatoms. The first-order valence-electron chi connectivity index (χ1n) is 7.75. The highest BCUT2D eigenvalue weighted by molar-refractivity contribution is 6.31. The van der Waals surface area contributed by atoms with Gasteiger partial charge in [0.1, 0.15) is 17.5 Å². The molecule has 0 radical (unpaired) electrons. The molecule has 5 nitrogen and oxygen atoms in total. The SMILES string of the molecule is Cc1nc(C(=O)N(C)Cc2c(F)cccc2Cl)nn1-c1ccc(F)cc1. The fraction of sp³-hybridized carbons (Fsp3) is 0.167. The third kappa shape index (κ3) is 3.57. The lowest BCUT2D eigenvalue weighted by Gasteiger charge is -2.16. The summed E-state index contributed by atoms with van der Waals surface area (Å²) in [6.45, 7) is 1.66. The van der Waals surface area contributed by atoms with Gasteiger partial charge >= 0.3 is 0 Å². The first kappa shape index (κ1) is 18.0. The summed E-state index contributed by atoms with van der Waals surface area (Å²) in [6, 6.07) is 10.0. The minimum Gasteiger partial charge on any atom is -0.334 e. The van der Waals surface area contributed by atoms with E-state index in [0.717, 1.165) is 0 Å². The topological polar surface area (TPSA) is 51.0 Å². The van der Waals surface area contributed by atoms with E-state index in [1.807, 2.05) is 0 Å². The Morgan fingerprint density at radius 3 is 2.54 bits per heavy atom. The zero-order valence-electron chi connectivity index (χ0n) is 14.1. The van der Waals surface area contributed by atoms with Crippen molar-refractivity contribution in [3.63, 3.8) is 0 Å². The molecule has 0 spiro atoms. The summed E-state index contributed by atoms with van der Waals surface area (Å²) in [7, 11) is 1.51. The van der Waals surface area contributed by atoms with Crippen LogP contribution in [0, 0.1) is 18.6 Å². The molecular formula is C18H15ClF2N4O. The van der Waals surface area contributed by atoms with Crippen molar-refractivity contribution >= 4 is 17.5 Å². The average Bonchev–Trinajstić information content (AvgIpc) is 3.00. The molecule has 26 heavy (non-hydrogen) atoms. The first-order chi connectivity index (χ1) is 12.4. The summed E-state index contributed by atoms with van der Waals surface area (Å²) in [6.07, 6.45) is 0. The largest absolute Gasteiger partial charge is 0.334 e. The minimum absolute atomic E-state index is 0.0194. The lowest BCUT2D eigenvalue weighted by Crippen LogP contribution is -2.28. The van der Waals surface area contributed by atoms with Crippen molar-refractivity contribution in [1.82, 2.24) is 19.7 Å². The molecule has 1 amide bonds. The van der Waals surface area contributed by atoms with Crippen LogP contribution in [0.4, 0.5) is 8.78 Å². The highest BCUT2D eigenvalue weighted by atomic mass is 35.5. The van der Waals surface area contributed by atoms with Crippen molar-refractivity contribution < 1.29 is 13.6 Å². The van der Waals surface area contributed by atoms with Crippen LogP contribution in [0.5, 0.6) is 0 Å². The fourth-order valence-corrected chi connectivity index (χ4v) is 2.69. The van der Waals surface area contributed by atoms with Crippen molar-refractivity contribution in [2.75, 3.05) is 7.05 Å². The Labute approximate surface area is 153 Å².